The summed E-state index contributed by atoms with van der Waals surface area (Å²) in [6, 6.07) is 9.48. The lowest BCUT2D eigenvalue weighted by molar-refractivity contribution is 0.278. The first-order chi connectivity index (χ1) is 9.51. The van der Waals surface area contributed by atoms with Crippen LogP contribution in [0.1, 0.15) is 45.1 Å². The van der Waals surface area contributed by atoms with Crippen molar-refractivity contribution in [3.63, 3.8) is 0 Å². The van der Waals surface area contributed by atoms with Gasteiger partial charge < -0.3 is 10.2 Å². The highest BCUT2D eigenvalue weighted by Crippen LogP contribution is 2.39. The molecule has 1 saturated carbocycles. The number of nitrogens with one attached hydrogen (secondary N) is 1. The van der Waals surface area contributed by atoms with Crippen molar-refractivity contribution in [2.75, 3.05) is 25.0 Å². The van der Waals surface area contributed by atoms with E-state index in [1.807, 2.05) is 0 Å². The van der Waals surface area contributed by atoms with Gasteiger partial charge >= 0.3 is 0 Å². The third kappa shape index (κ3) is 3.99. The topological polar surface area (TPSA) is 15.3 Å². The average Bonchev–Trinajstić information content (AvgIpc) is 2.86. The molecule has 2 rings (SSSR count). The zero-order valence-electron chi connectivity index (χ0n) is 13.6. The molecule has 0 amide bonds. The van der Waals surface area contributed by atoms with E-state index in [0.29, 0.717) is 11.5 Å². The summed E-state index contributed by atoms with van der Waals surface area (Å²) in [5, 5.41) is 3.67. The van der Waals surface area contributed by atoms with Crippen LogP contribution in [0.15, 0.2) is 24.3 Å². The number of anilines is 1. The Balaban J connectivity index is 2.02. The van der Waals surface area contributed by atoms with Crippen LogP contribution in [0, 0.1) is 12.3 Å². The minimum Gasteiger partial charge on any atom is -0.374 e. The van der Waals surface area contributed by atoms with E-state index in [1.54, 1.807) is 0 Å². The molecule has 1 aliphatic rings. The van der Waals surface area contributed by atoms with Gasteiger partial charge in [0, 0.05) is 37.3 Å². The normalized spacial score (nSPS) is 17.6. The SMILES string of the molecule is Cc1ccc(N(C)CC2(CNC(C)C)CCCC2)cc1. The lowest BCUT2D eigenvalue weighted by Crippen LogP contribution is -2.43. The van der Waals surface area contributed by atoms with Crippen LogP contribution in [-0.2, 0) is 0 Å². The molecule has 0 spiro atoms. The molecule has 0 aliphatic heterocycles. The second kappa shape index (κ2) is 6.62. The third-order valence-electron chi connectivity index (χ3n) is 4.60. The van der Waals surface area contributed by atoms with Crippen molar-refractivity contribution in [1.82, 2.24) is 5.32 Å². The van der Waals surface area contributed by atoms with Crippen LogP contribution >= 0.6 is 0 Å². The number of aryl methyl sites for hydroxylation is 1. The Kier molecular flexibility index (Phi) is 5.09. The molecule has 0 bridgehead atoms. The van der Waals surface area contributed by atoms with Gasteiger partial charge in [-0.25, -0.2) is 0 Å². The van der Waals surface area contributed by atoms with Crippen molar-refractivity contribution in [1.29, 1.82) is 0 Å². The van der Waals surface area contributed by atoms with Gasteiger partial charge in [0.2, 0.25) is 0 Å². The Hall–Kier alpha value is -1.02. The molecule has 1 aromatic rings. The number of hydrogen-bond acceptors (Lipinski definition) is 2. The predicted molar refractivity (Wildman–Crippen MR) is 88.5 cm³/mol. The summed E-state index contributed by atoms with van der Waals surface area (Å²) in [6.45, 7) is 8.95. The first-order valence-corrected chi connectivity index (χ1v) is 8.02. The molecule has 0 saturated heterocycles. The molecule has 1 fully saturated rings. The van der Waals surface area contributed by atoms with Crippen LogP contribution in [-0.4, -0.2) is 26.2 Å². The zero-order chi connectivity index (χ0) is 14.6. The summed E-state index contributed by atoms with van der Waals surface area (Å²) in [5.41, 5.74) is 3.13. The number of nitrogens with zero attached hydrogens (tertiary/aromatic N) is 1. The lowest BCUT2D eigenvalue weighted by atomic mass is 9.85. The fraction of sp³-hybridized carbons (Fsp3) is 0.667. The number of benzene rings is 1. The maximum absolute atomic E-state index is 3.67. The Bertz CT molecular complexity index is 402. The van der Waals surface area contributed by atoms with E-state index in [2.05, 4.69) is 62.3 Å². The number of rotatable bonds is 6. The summed E-state index contributed by atoms with van der Waals surface area (Å²) in [5.74, 6) is 0. The van der Waals surface area contributed by atoms with Crippen molar-refractivity contribution in [3.05, 3.63) is 29.8 Å². The zero-order valence-corrected chi connectivity index (χ0v) is 13.6. The smallest absolute Gasteiger partial charge is 0.0363 e. The van der Waals surface area contributed by atoms with Crippen molar-refractivity contribution in [3.8, 4) is 0 Å². The van der Waals surface area contributed by atoms with Crippen molar-refractivity contribution in [2.45, 2.75) is 52.5 Å². The monoisotopic (exact) mass is 274 g/mol. The summed E-state index contributed by atoms with van der Waals surface area (Å²) >= 11 is 0. The van der Waals surface area contributed by atoms with E-state index in [-0.39, 0.29) is 0 Å². The van der Waals surface area contributed by atoms with E-state index in [1.165, 1.54) is 36.9 Å². The largest absolute Gasteiger partial charge is 0.374 e. The predicted octanol–water partition coefficient (Wildman–Crippen LogP) is 3.99. The quantitative estimate of drug-likeness (QED) is 0.844. The molecule has 0 radical (unpaired) electrons. The molecule has 1 aromatic carbocycles. The Morgan fingerprint density at radius 3 is 2.30 bits per heavy atom. The molecule has 2 nitrogen and oxygen atoms in total. The molecule has 0 atom stereocenters. The first-order valence-electron chi connectivity index (χ1n) is 8.02. The van der Waals surface area contributed by atoms with Gasteiger partial charge in [-0.2, -0.15) is 0 Å². The molecule has 0 aromatic heterocycles. The molecule has 0 unspecified atom stereocenters. The Morgan fingerprint density at radius 2 is 1.75 bits per heavy atom. The summed E-state index contributed by atoms with van der Waals surface area (Å²) in [4.78, 5) is 2.44. The van der Waals surface area contributed by atoms with Gasteiger partial charge in [0.25, 0.3) is 0 Å². The molecule has 1 aliphatic carbocycles. The maximum atomic E-state index is 3.67. The van der Waals surface area contributed by atoms with E-state index < -0.39 is 0 Å². The van der Waals surface area contributed by atoms with Crippen LogP contribution < -0.4 is 10.2 Å². The molecule has 0 heterocycles. The summed E-state index contributed by atoms with van der Waals surface area (Å²) in [7, 11) is 2.24. The molecule has 1 N–H and O–H groups in total. The lowest BCUT2D eigenvalue weighted by Gasteiger charge is -2.35. The maximum Gasteiger partial charge on any atom is 0.0363 e. The van der Waals surface area contributed by atoms with E-state index >= 15 is 0 Å². The molecular formula is C18H30N2. The standard InChI is InChI=1S/C18H30N2/c1-15(2)19-13-18(11-5-6-12-18)14-20(4)17-9-7-16(3)8-10-17/h7-10,15,19H,5-6,11-14H2,1-4H3. The molecule has 2 heteroatoms. The second-order valence-corrected chi connectivity index (χ2v) is 6.93. The van der Waals surface area contributed by atoms with Gasteiger partial charge in [0.1, 0.15) is 0 Å². The van der Waals surface area contributed by atoms with Crippen molar-refractivity contribution in [2.24, 2.45) is 5.41 Å². The minimum atomic E-state index is 0.462. The van der Waals surface area contributed by atoms with Crippen molar-refractivity contribution >= 4 is 5.69 Å². The van der Waals surface area contributed by atoms with E-state index in [9.17, 15) is 0 Å². The minimum absolute atomic E-state index is 0.462. The molecule has 20 heavy (non-hydrogen) atoms. The van der Waals surface area contributed by atoms with Gasteiger partial charge in [-0.15, -0.1) is 0 Å². The van der Waals surface area contributed by atoms with Gasteiger partial charge in [0.05, 0.1) is 0 Å². The van der Waals surface area contributed by atoms with Crippen LogP contribution in [0.5, 0.6) is 0 Å². The highest BCUT2D eigenvalue weighted by molar-refractivity contribution is 5.47. The van der Waals surface area contributed by atoms with Gasteiger partial charge in [-0.1, -0.05) is 44.4 Å². The molecule has 112 valence electrons. The first kappa shape index (κ1) is 15.4. The highest BCUT2D eigenvalue weighted by atomic mass is 15.1. The van der Waals surface area contributed by atoms with Crippen LogP contribution in [0.3, 0.4) is 0 Å². The fourth-order valence-electron chi connectivity index (χ4n) is 3.33. The van der Waals surface area contributed by atoms with E-state index in [4.69, 9.17) is 0 Å². The van der Waals surface area contributed by atoms with Crippen LogP contribution in [0.25, 0.3) is 0 Å². The van der Waals surface area contributed by atoms with E-state index in [0.717, 1.165) is 13.1 Å². The number of hydrogen-bond donors (Lipinski definition) is 1. The van der Waals surface area contributed by atoms with Crippen LogP contribution in [0.2, 0.25) is 0 Å². The molecular weight excluding hydrogens is 244 g/mol. The van der Waals surface area contributed by atoms with Gasteiger partial charge in [0.15, 0.2) is 0 Å². The highest BCUT2D eigenvalue weighted by Gasteiger charge is 2.34. The van der Waals surface area contributed by atoms with Crippen LogP contribution in [0.4, 0.5) is 5.69 Å². The third-order valence-corrected chi connectivity index (χ3v) is 4.60. The summed E-state index contributed by atoms with van der Waals surface area (Å²) < 4.78 is 0. The van der Waals surface area contributed by atoms with Gasteiger partial charge in [-0.3, -0.25) is 0 Å². The van der Waals surface area contributed by atoms with Gasteiger partial charge in [-0.05, 0) is 31.9 Å². The van der Waals surface area contributed by atoms with Crippen molar-refractivity contribution < 1.29 is 0 Å². The summed E-state index contributed by atoms with van der Waals surface area (Å²) in [6.07, 6.45) is 5.51. The Labute approximate surface area is 124 Å². The Morgan fingerprint density at radius 1 is 1.15 bits per heavy atom. The average molecular weight is 274 g/mol. The fourth-order valence-corrected chi connectivity index (χ4v) is 3.33. The second-order valence-electron chi connectivity index (χ2n) is 6.93.